The molecule has 1 amide bonds. The van der Waals surface area contributed by atoms with Crippen molar-refractivity contribution in [1.82, 2.24) is 4.90 Å². The fraction of sp³-hybridized carbons (Fsp3) is 0.208. The van der Waals surface area contributed by atoms with E-state index in [-0.39, 0.29) is 24.2 Å². The molecule has 0 N–H and O–H groups in total. The minimum atomic E-state index is -4.69. The van der Waals surface area contributed by atoms with E-state index >= 15 is 0 Å². The largest absolute Gasteiger partial charge is 0.416 e. The Morgan fingerprint density at radius 3 is 2.32 bits per heavy atom. The summed E-state index contributed by atoms with van der Waals surface area (Å²) in [5.41, 5.74) is -0.208. The van der Waals surface area contributed by atoms with Gasteiger partial charge >= 0.3 is 16.3 Å². The number of rotatable bonds is 7. The summed E-state index contributed by atoms with van der Waals surface area (Å²) in [6.45, 7) is 3.78. The van der Waals surface area contributed by atoms with Crippen LogP contribution in [0.25, 0.3) is 0 Å². The molecule has 34 heavy (non-hydrogen) atoms. The average molecular weight is 512 g/mol. The number of nitrogens with zero attached hydrogens (tertiary/aromatic N) is 1. The van der Waals surface area contributed by atoms with E-state index < -0.39 is 26.8 Å². The zero-order chi connectivity index (χ0) is 25.1. The lowest BCUT2D eigenvalue weighted by Gasteiger charge is -2.27. The highest BCUT2D eigenvalue weighted by atomic mass is 35.5. The van der Waals surface area contributed by atoms with Gasteiger partial charge in [-0.25, -0.2) is 0 Å². The minimum Gasteiger partial charge on any atom is -0.379 e. The molecule has 0 bridgehead atoms. The van der Waals surface area contributed by atoms with Crippen molar-refractivity contribution >= 4 is 27.6 Å². The molecule has 0 radical (unpaired) electrons. The van der Waals surface area contributed by atoms with Crippen LogP contribution in [0.15, 0.2) is 77.7 Å². The number of amides is 1. The van der Waals surface area contributed by atoms with Crippen LogP contribution >= 0.6 is 11.6 Å². The Hall–Kier alpha value is -3.04. The predicted molar refractivity (Wildman–Crippen MR) is 122 cm³/mol. The normalized spacial score (nSPS) is 12.0. The van der Waals surface area contributed by atoms with Gasteiger partial charge in [-0.05, 0) is 61.9 Å². The fourth-order valence-corrected chi connectivity index (χ4v) is 4.36. The van der Waals surface area contributed by atoms with Crippen LogP contribution < -0.4 is 4.18 Å². The van der Waals surface area contributed by atoms with Crippen LogP contribution in [0.5, 0.6) is 5.75 Å². The van der Waals surface area contributed by atoms with Gasteiger partial charge in [0.15, 0.2) is 0 Å². The summed E-state index contributed by atoms with van der Waals surface area (Å²) in [5.74, 6) is -0.396. The van der Waals surface area contributed by atoms with E-state index in [0.29, 0.717) is 22.2 Å². The molecule has 0 aliphatic carbocycles. The number of benzene rings is 3. The lowest BCUT2D eigenvalue weighted by atomic mass is 10.1. The van der Waals surface area contributed by atoms with Crippen molar-refractivity contribution in [3.63, 3.8) is 0 Å². The molecule has 0 atom stereocenters. The van der Waals surface area contributed by atoms with Crippen molar-refractivity contribution in [2.24, 2.45) is 0 Å². The Kier molecular flexibility index (Phi) is 7.57. The van der Waals surface area contributed by atoms with Gasteiger partial charge in [0.2, 0.25) is 0 Å². The molecule has 0 fully saturated rings. The van der Waals surface area contributed by atoms with Gasteiger partial charge in [-0.3, -0.25) is 4.79 Å². The summed E-state index contributed by atoms with van der Waals surface area (Å²) in [6, 6.07) is 15.7. The van der Waals surface area contributed by atoms with E-state index in [1.165, 1.54) is 18.2 Å². The van der Waals surface area contributed by atoms with E-state index in [0.717, 1.165) is 18.2 Å². The Bertz CT molecular complexity index is 1290. The van der Waals surface area contributed by atoms with E-state index in [9.17, 15) is 26.4 Å². The highest BCUT2D eigenvalue weighted by Gasteiger charge is 2.32. The van der Waals surface area contributed by atoms with Gasteiger partial charge in [-0.2, -0.15) is 21.6 Å². The molecular formula is C24H21ClF3NO4S. The summed E-state index contributed by atoms with van der Waals surface area (Å²) < 4.78 is 69.1. The van der Waals surface area contributed by atoms with Crippen molar-refractivity contribution in [2.75, 3.05) is 0 Å². The number of carbonyl (C=O) groups excluding carboxylic acids is 1. The molecule has 0 saturated carbocycles. The Morgan fingerprint density at radius 2 is 1.68 bits per heavy atom. The maximum atomic E-state index is 13.0. The van der Waals surface area contributed by atoms with E-state index in [1.54, 1.807) is 35.2 Å². The molecule has 0 aliphatic rings. The molecule has 0 aromatic heterocycles. The predicted octanol–water partition coefficient (Wildman–Crippen LogP) is 6.18. The molecule has 0 aliphatic heterocycles. The third-order valence-electron chi connectivity index (χ3n) is 4.90. The Morgan fingerprint density at radius 1 is 1.00 bits per heavy atom. The van der Waals surface area contributed by atoms with Crippen molar-refractivity contribution in [2.45, 2.75) is 37.5 Å². The first-order chi connectivity index (χ1) is 15.9. The number of halogens is 4. The van der Waals surface area contributed by atoms with Gasteiger partial charge < -0.3 is 9.08 Å². The molecule has 10 heteroatoms. The van der Waals surface area contributed by atoms with Crippen molar-refractivity contribution < 1.29 is 30.6 Å². The first kappa shape index (κ1) is 25.6. The average Bonchev–Trinajstić information content (AvgIpc) is 2.77. The van der Waals surface area contributed by atoms with Crippen LogP contribution in [0.2, 0.25) is 5.02 Å². The second-order valence-electron chi connectivity index (χ2n) is 7.72. The van der Waals surface area contributed by atoms with Gasteiger partial charge in [0.1, 0.15) is 10.6 Å². The van der Waals surface area contributed by atoms with Crippen LogP contribution in [0.1, 0.15) is 35.3 Å². The molecule has 0 saturated heterocycles. The van der Waals surface area contributed by atoms with Gasteiger partial charge in [0.05, 0.1) is 16.1 Å². The third-order valence-corrected chi connectivity index (χ3v) is 6.47. The quantitative estimate of drug-likeness (QED) is 0.355. The third kappa shape index (κ3) is 6.09. The maximum Gasteiger partial charge on any atom is 0.416 e. The molecule has 0 unspecified atom stereocenters. The Balaban J connectivity index is 1.84. The van der Waals surface area contributed by atoms with Crippen LogP contribution in [0.4, 0.5) is 13.2 Å². The van der Waals surface area contributed by atoms with E-state index in [4.69, 9.17) is 15.8 Å². The SMILES string of the molecule is CC(C)N(Cc1cccc(OS(=O)(=O)c2cccc(C(F)(F)F)c2)c1)C(=O)c1ccccc1Cl. The zero-order valence-electron chi connectivity index (χ0n) is 18.2. The Labute approximate surface area is 200 Å². The highest BCUT2D eigenvalue weighted by Crippen LogP contribution is 2.31. The molecular weight excluding hydrogens is 491 g/mol. The molecule has 180 valence electrons. The lowest BCUT2D eigenvalue weighted by Crippen LogP contribution is -2.36. The molecule has 3 aromatic carbocycles. The van der Waals surface area contributed by atoms with Crippen LogP contribution in [0, 0.1) is 0 Å². The van der Waals surface area contributed by atoms with Crippen molar-refractivity contribution in [3.8, 4) is 5.75 Å². The molecule has 0 spiro atoms. The monoisotopic (exact) mass is 511 g/mol. The minimum absolute atomic E-state index is 0.0937. The van der Waals surface area contributed by atoms with Gasteiger partial charge in [0.25, 0.3) is 5.91 Å². The number of carbonyl (C=O) groups is 1. The van der Waals surface area contributed by atoms with Crippen LogP contribution in [-0.2, 0) is 22.8 Å². The summed E-state index contributed by atoms with van der Waals surface area (Å²) in [6.07, 6.45) is -4.69. The zero-order valence-corrected chi connectivity index (χ0v) is 19.8. The first-order valence-corrected chi connectivity index (χ1v) is 11.9. The summed E-state index contributed by atoms with van der Waals surface area (Å²) >= 11 is 6.16. The smallest absolute Gasteiger partial charge is 0.379 e. The van der Waals surface area contributed by atoms with Crippen LogP contribution in [0.3, 0.4) is 0 Å². The van der Waals surface area contributed by atoms with Gasteiger partial charge in [0, 0.05) is 12.6 Å². The van der Waals surface area contributed by atoms with Crippen molar-refractivity contribution in [3.05, 3.63) is 94.5 Å². The fourth-order valence-electron chi connectivity index (χ4n) is 3.17. The van der Waals surface area contributed by atoms with E-state index in [1.807, 2.05) is 13.8 Å². The summed E-state index contributed by atoms with van der Waals surface area (Å²) in [4.78, 5) is 14.0. The molecule has 0 heterocycles. The van der Waals surface area contributed by atoms with E-state index in [2.05, 4.69) is 0 Å². The van der Waals surface area contributed by atoms with Crippen LogP contribution in [-0.4, -0.2) is 25.3 Å². The highest BCUT2D eigenvalue weighted by molar-refractivity contribution is 7.87. The second kappa shape index (κ2) is 10.1. The van der Waals surface area contributed by atoms with Crippen molar-refractivity contribution in [1.29, 1.82) is 0 Å². The molecule has 3 rings (SSSR count). The standard InChI is InChI=1S/C24H21ClF3NO4S/c1-16(2)29(23(30)21-11-3-4-12-22(21)25)15-17-7-5-9-19(13-17)33-34(31,32)20-10-6-8-18(14-20)24(26,27)28/h3-14,16H,15H2,1-2H3. The summed E-state index contributed by atoms with van der Waals surface area (Å²) in [7, 11) is -4.52. The second-order valence-corrected chi connectivity index (χ2v) is 9.67. The first-order valence-electron chi connectivity index (χ1n) is 10.1. The number of hydrogen-bond acceptors (Lipinski definition) is 4. The lowest BCUT2D eigenvalue weighted by molar-refractivity contribution is -0.137. The molecule has 5 nitrogen and oxygen atoms in total. The number of alkyl halides is 3. The number of hydrogen-bond donors (Lipinski definition) is 0. The maximum absolute atomic E-state index is 13.0. The van der Waals surface area contributed by atoms with Gasteiger partial charge in [-0.1, -0.05) is 41.9 Å². The summed E-state index contributed by atoms with van der Waals surface area (Å²) in [5, 5.41) is 0.308. The topological polar surface area (TPSA) is 63.7 Å². The molecule has 3 aromatic rings. The van der Waals surface area contributed by atoms with Gasteiger partial charge in [-0.15, -0.1) is 0 Å².